The fourth-order valence-corrected chi connectivity index (χ4v) is 1.77. The lowest BCUT2D eigenvalue weighted by Gasteiger charge is -2.29. The number of likely N-dealkylation sites (tertiary alicyclic amines) is 1. The highest BCUT2D eigenvalue weighted by Crippen LogP contribution is 2.14. The first-order chi connectivity index (χ1) is 6.36. The van der Waals surface area contributed by atoms with E-state index < -0.39 is 0 Å². The second kappa shape index (κ2) is 5.92. The Bertz CT molecular complexity index is 157. The van der Waals surface area contributed by atoms with Crippen LogP contribution in [0.1, 0.15) is 25.7 Å². The molecule has 13 heavy (non-hydrogen) atoms. The van der Waals surface area contributed by atoms with E-state index in [0.29, 0.717) is 5.92 Å². The molecule has 0 unspecified atom stereocenters. The molecule has 0 aliphatic carbocycles. The zero-order valence-electron chi connectivity index (χ0n) is 8.24. The summed E-state index contributed by atoms with van der Waals surface area (Å²) in [5, 5.41) is 0. The van der Waals surface area contributed by atoms with Crippen molar-refractivity contribution < 1.29 is 4.79 Å². The van der Waals surface area contributed by atoms with Crippen LogP contribution in [-0.4, -0.2) is 30.8 Å². The number of piperidine rings is 1. The van der Waals surface area contributed by atoms with Gasteiger partial charge in [0.1, 0.15) is 6.29 Å². The standard InChI is InChI=1S/C11H19NO/c1-2-3-4-7-12-8-5-11(10-13)6-9-12/h2,10-11H,1,3-9H2. The van der Waals surface area contributed by atoms with Crippen molar-refractivity contribution in [3.05, 3.63) is 12.7 Å². The molecule has 0 atom stereocenters. The number of hydrogen-bond donors (Lipinski definition) is 0. The topological polar surface area (TPSA) is 20.3 Å². The van der Waals surface area contributed by atoms with E-state index >= 15 is 0 Å². The van der Waals surface area contributed by atoms with Gasteiger partial charge in [0.2, 0.25) is 0 Å². The summed E-state index contributed by atoms with van der Waals surface area (Å²) >= 11 is 0. The molecule has 2 heteroatoms. The molecule has 0 radical (unpaired) electrons. The van der Waals surface area contributed by atoms with Crippen LogP contribution in [0.3, 0.4) is 0 Å². The Kier molecular flexibility index (Phi) is 4.76. The molecule has 0 aromatic heterocycles. The second-order valence-corrected chi connectivity index (χ2v) is 3.75. The second-order valence-electron chi connectivity index (χ2n) is 3.75. The zero-order valence-corrected chi connectivity index (χ0v) is 8.24. The first-order valence-electron chi connectivity index (χ1n) is 5.15. The average Bonchev–Trinajstić information content (AvgIpc) is 2.19. The third-order valence-electron chi connectivity index (χ3n) is 2.71. The molecule has 0 N–H and O–H groups in total. The highest BCUT2D eigenvalue weighted by Gasteiger charge is 2.17. The molecule has 1 saturated heterocycles. The summed E-state index contributed by atoms with van der Waals surface area (Å²) in [6.07, 6.45) is 7.50. The summed E-state index contributed by atoms with van der Waals surface area (Å²) < 4.78 is 0. The van der Waals surface area contributed by atoms with Crippen LogP contribution in [0, 0.1) is 5.92 Å². The highest BCUT2D eigenvalue weighted by atomic mass is 16.1. The van der Waals surface area contributed by atoms with Gasteiger partial charge >= 0.3 is 0 Å². The fourth-order valence-electron chi connectivity index (χ4n) is 1.77. The molecule has 1 aliphatic rings. The predicted octanol–water partition coefficient (Wildman–Crippen LogP) is 1.86. The first-order valence-corrected chi connectivity index (χ1v) is 5.15. The van der Waals surface area contributed by atoms with Crippen LogP contribution >= 0.6 is 0 Å². The lowest BCUT2D eigenvalue weighted by atomic mass is 9.98. The van der Waals surface area contributed by atoms with E-state index in [1.54, 1.807) is 0 Å². The number of aldehydes is 1. The summed E-state index contributed by atoms with van der Waals surface area (Å²) in [6, 6.07) is 0. The maximum absolute atomic E-state index is 10.5. The van der Waals surface area contributed by atoms with Crippen LogP contribution in [0.15, 0.2) is 12.7 Å². The van der Waals surface area contributed by atoms with Crippen LogP contribution in [0.2, 0.25) is 0 Å². The lowest BCUT2D eigenvalue weighted by Crippen LogP contribution is -2.34. The van der Waals surface area contributed by atoms with Gasteiger partial charge in [-0.05, 0) is 45.3 Å². The van der Waals surface area contributed by atoms with E-state index in [4.69, 9.17) is 0 Å². The molecule has 2 nitrogen and oxygen atoms in total. The summed E-state index contributed by atoms with van der Waals surface area (Å²) in [7, 11) is 0. The molecule has 1 fully saturated rings. The number of hydrogen-bond acceptors (Lipinski definition) is 2. The molecule has 0 aromatic rings. The first kappa shape index (κ1) is 10.5. The molecule has 1 heterocycles. The predicted molar refractivity (Wildman–Crippen MR) is 54.7 cm³/mol. The average molecular weight is 181 g/mol. The molecule has 0 bridgehead atoms. The van der Waals surface area contributed by atoms with Crippen LogP contribution in [0.5, 0.6) is 0 Å². The van der Waals surface area contributed by atoms with Crippen LogP contribution in [-0.2, 0) is 4.79 Å². The van der Waals surface area contributed by atoms with Crippen LogP contribution < -0.4 is 0 Å². The molecule has 1 aliphatic heterocycles. The van der Waals surface area contributed by atoms with Gasteiger partial charge < -0.3 is 9.69 Å². The zero-order chi connectivity index (χ0) is 9.52. The van der Waals surface area contributed by atoms with Crippen molar-refractivity contribution in [3.8, 4) is 0 Å². The van der Waals surface area contributed by atoms with Crippen molar-refractivity contribution in [1.82, 2.24) is 4.90 Å². The van der Waals surface area contributed by atoms with Gasteiger partial charge in [-0.3, -0.25) is 0 Å². The quantitative estimate of drug-likeness (QED) is 0.366. The molecule has 0 aromatic carbocycles. The van der Waals surface area contributed by atoms with E-state index in [1.807, 2.05) is 6.08 Å². The largest absolute Gasteiger partial charge is 0.303 e. The molecule has 74 valence electrons. The normalized spacial score (nSPS) is 20.0. The minimum absolute atomic E-state index is 0.329. The minimum Gasteiger partial charge on any atom is -0.303 e. The van der Waals surface area contributed by atoms with E-state index in [9.17, 15) is 4.79 Å². The van der Waals surface area contributed by atoms with Gasteiger partial charge in [-0.1, -0.05) is 6.08 Å². The van der Waals surface area contributed by atoms with Gasteiger partial charge in [-0.2, -0.15) is 0 Å². The maximum Gasteiger partial charge on any atom is 0.123 e. The number of allylic oxidation sites excluding steroid dienone is 1. The third kappa shape index (κ3) is 3.73. The fraction of sp³-hybridized carbons (Fsp3) is 0.727. The Hall–Kier alpha value is -0.630. The number of nitrogens with zero attached hydrogens (tertiary/aromatic N) is 1. The molecular formula is C11H19NO. The summed E-state index contributed by atoms with van der Waals surface area (Å²) in [5.41, 5.74) is 0. The van der Waals surface area contributed by atoms with Crippen molar-refractivity contribution in [1.29, 1.82) is 0 Å². The number of carbonyl (C=O) groups excluding carboxylic acids is 1. The smallest absolute Gasteiger partial charge is 0.123 e. The Morgan fingerprint density at radius 1 is 1.38 bits per heavy atom. The van der Waals surface area contributed by atoms with E-state index in [2.05, 4.69) is 11.5 Å². The Labute approximate surface area is 80.6 Å². The monoisotopic (exact) mass is 181 g/mol. The number of rotatable bonds is 5. The van der Waals surface area contributed by atoms with Crippen molar-refractivity contribution in [2.24, 2.45) is 5.92 Å². The third-order valence-corrected chi connectivity index (χ3v) is 2.71. The van der Waals surface area contributed by atoms with Crippen molar-refractivity contribution in [3.63, 3.8) is 0 Å². The molecule has 0 saturated carbocycles. The van der Waals surface area contributed by atoms with E-state index in [0.717, 1.165) is 45.2 Å². The van der Waals surface area contributed by atoms with E-state index in [1.165, 1.54) is 6.42 Å². The van der Waals surface area contributed by atoms with Crippen LogP contribution in [0.4, 0.5) is 0 Å². The summed E-state index contributed by atoms with van der Waals surface area (Å²) in [4.78, 5) is 12.9. The van der Waals surface area contributed by atoms with Gasteiger partial charge in [-0.25, -0.2) is 0 Å². The molecule has 1 rings (SSSR count). The van der Waals surface area contributed by atoms with Gasteiger partial charge in [0.05, 0.1) is 0 Å². The highest BCUT2D eigenvalue weighted by molar-refractivity contribution is 5.53. The van der Waals surface area contributed by atoms with Gasteiger partial charge in [0.15, 0.2) is 0 Å². The Morgan fingerprint density at radius 3 is 2.62 bits per heavy atom. The van der Waals surface area contributed by atoms with Gasteiger partial charge in [0.25, 0.3) is 0 Å². The lowest BCUT2D eigenvalue weighted by molar-refractivity contribution is -0.112. The minimum atomic E-state index is 0.329. The van der Waals surface area contributed by atoms with Crippen molar-refractivity contribution >= 4 is 6.29 Å². The SMILES string of the molecule is C=CCCCN1CCC(C=O)CC1. The van der Waals surface area contributed by atoms with Crippen molar-refractivity contribution in [2.75, 3.05) is 19.6 Å². The molecule has 0 spiro atoms. The summed E-state index contributed by atoms with van der Waals surface area (Å²) in [6.45, 7) is 7.06. The summed E-state index contributed by atoms with van der Waals surface area (Å²) in [5.74, 6) is 0.329. The molecular weight excluding hydrogens is 162 g/mol. The van der Waals surface area contributed by atoms with Crippen LogP contribution in [0.25, 0.3) is 0 Å². The van der Waals surface area contributed by atoms with Gasteiger partial charge in [0, 0.05) is 5.92 Å². The number of unbranched alkanes of at least 4 members (excludes halogenated alkanes) is 1. The van der Waals surface area contributed by atoms with E-state index in [-0.39, 0.29) is 0 Å². The van der Waals surface area contributed by atoms with Gasteiger partial charge in [-0.15, -0.1) is 6.58 Å². The number of carbonyl (C=O) groups is 1. The maximum atomic E-state index is 10.5. The Balaban J connectivity index is 2.10. The Morgan fingerprint density at radius 2 is 2.08 bits per heavy atom. The van der Waals surface area contributed by atoms with Crippen molar-refractivity contribution in [2.45, 2.75) is 25.7 Å². The molecule has 0 amide bonds.